The molecule has 2 aromatic carbocycles. The highest BCUT2D eigenvalue weighted by Gasteiger charge is 2.07. The van der Waals surface area contributed by atoms with Crippen molar-refractivity contribution in [2.75, 3.05) is 17.2 Å². The average Bonchev–Trinajstić information content (AvgIpc) is 2.63. The summed E-state index contributed by atoms with van der Waals surface area (Å²) >= 11 is 0. The molecule has 0 radical (unpaired) electrons. The molecule has 1 aromatic heterocycles. The number of unbranched alkanes of at least 4 members (excludes halogenated alkanes) is 1. The molecule has 0 spiro atoms. The van der Waals surface area contributed by atoms with E-state index in [1.54, 1.807) is 12.1 Å². The number of hydrogen-bond donors (Lipinski definition) is 2. The topological polar surface area (TPSA) is 49.8 Å². The van der Waals surface area contributed by atoms with Crippen molar-refractivity contribution in [2.24, 2.45) is 0 Å². The average molecular weight is 336 g/mol. The van der Waals surface area contributed by atoms with Gasteiger partial charge >= 0.3 is 0 Å². The van der Waals surface area contributed by atoms with Gasteiger partial charge in [-0.05, 0) is 24.6 Å². The highest BCUT2D eigenvalue weighted by Crippen LogP contribution is 2.23. The van der Waals surface area contributed by atoms with E-state index >= 15 is 0 Å². The van der Waals surface area contributed by atoms with E-state index < -0.39 is 0 Å². The van der Waals surface area contributed by atoms with Gasteiger partial charge in [-0.1, -0.05) is 49.7 Å². The third kappa shape index (κ3) is 4.76. The molecule has 0 aliphatic carbocycles. The smallest absolute Gasteiger partial charge is 0.225 e. The van der Waals surface area contributed by atoms with Crippen LogP contribution in [0, 0.1) is 5.82 Å². The van der Waals surface area contributed by atoms with Crippen molar-refractivity contribution in [3.05, 3.63) is 66.5 Å². The molecular weight excluding hydrogens is 315 g/mol. The van der Waals surface area contributed by atoms with Crippen molar-refractivity contribution in [3.8, 4) is 11.3 Å². The maximum atomic E-state index is 13.4. The first-order chi connectivity index (χ1) is 12.2. The first-order valence-electron chi connectivity index (χ1n) is 8.45. The molecule has 0 bridgehead atoms. The van der Waals surface area contributed by atoms with E-state index in [0.29, 0.717) is 17.5 Å². The second-order valence-electron chi connectivity index (χ2n) is 5.74. The van der Waals surface area contributed by atoms with E-state index in [2.05, 4.69) is 27.5 Å². The van der Waals surface area contributed by atoms with Crippen molar-refractivity contribution >= 4 is 17.5 Å². The lowest BCUT2D eigenvalue weighted by molar-refractivity contribution is 0.628. The van der Waals surface area contributed by atoms with Gasteiger partial charge in [0, 0.05) is 23.9 Å². The van der Waals surface area contributed by atoms with Crippen LogP contribution in [0.1, 0.15) is 19.8 Å². The normalized spacial score (nSPS) is 10.5. The Bertz CT molecular complexity index is 821. The van der Waals surface area contributed by atoms with E-state index in [1.165, 1.54) is 12.1 Å². The zero-order chi connectivity index (χ0) is 17.5. The van der Waals surface area contributed by atoms with Crippen LogP contribution in [-0.2, 0) is 0 Å². The maximum Gasteiger partial charge on any atom is 0.225 e. The van der Waals surface area contributed by atoms with E-state index in [4.69, 9.17) is 0 Å². The van der Waals surface area contributed by atoms with Gasteiger partial charge in [0.05, 0.1) is 5.69 Å². The summed E-state index contributed by atoms with van der Waals surface area (Å²) in [6.45, 7) is 2.95. The van der Waals surface area contributed by atoms with Gasteiger partial charge in [-0.25, -0.2) is 9.37 Å². The van der Waals surface area contributed by atoms with Crippen LogP contribution >= 0.6 is 0 Å². The second-order valence-corrected chi connectivity index (χ2v) is 5.74. The Morgan fingerprint density at radius 2 is 1.80 bits per heavy atom. The SMILES string of the molecule is CCCCNc1nc(Nc2cccc(F)c2)cc(-c2ccccc2)n1. The largest absolute Gasteiger partial charge is 0.354 e. The van der Waals surface area contributed by atoms with Gasteiger partial charge in [-0.15, -0.1) is 0 Å². The number of halogens is 1. The third-order valence-corrected chi connectivity index (χ3v) is 3.71. The van der Waals surface area contributed by atoms with Gasteiger partial charge in [0.15, 0.2) is 0 Å². The van der Waals surface area contributed by atoms with Crippen LogP contribution in [0.5, 0.6) is 0 Å². The van der Waals surface area contributed by atoms with Crippen molar-refractivity contribution < 1.29 is 4.39 Å². The van der Waals surface area contributed by atoms with Crippen LogP contribution in [0.3, 0.4) is 0 Å². The molecule has 0 saturated heterocycles. The Balaban J connectivity index is 1.91. The Kier molecular flexibility index (Phi) is 5.57. The zero-order valence-corrected chi connectivity index (χ0v) is 14.2. The minimum absolute atomic E-state index is 0.288. The van der Waals surface area contributed by atoms with E-state index in [9.17, 15) is 4.39 Å². The monoisotopic (exact) mass is 336 g/mol. The lowest BCUT2D eigenvalue weighted by atomic mass is 10.1. The minimum atomic E-state index is -0.288. The summed E-state index contributed by atoms with van der Waals surface area (Å²) < 4.78 is 13.4. The Morgan fingerprint density at radius 3 is 2.56 bits per heavy atom. The predicted molar refractivity (Wildman–Crippen MR) is 101 cm³/mol. The van der Waals surface area contributed by atoms with Gasteiger partial charge in [0.1, 0.15) is 11.6 Å². The van der Waals surface area contributed by atoms with Gasteiger partial charge < -0.3 is 10.6 Å². The molecule has 3 aromatic rings. The molecule has 0 fully saturated rings. The molecule has 0 aliphatic heterocycles. The molecule has 4 nitrogen and oxygen atoms in total. The molecule has 3 rings (SSSR count). The molecule has 5 heteroatoms. The van der Waals surface area contributed by atoms with Gasteiger partial charge in [0.25, 0.3) is 0 Å². The van der Waals surface area contributed by atoms with Crippen molar-refractivity contribution in [1.29, 1.82) is 0 Å². The number of aromatic nitrogens is 2. The molecule has 0 atom stereocenters. The van der Waals surface area contributed by atoms with E-state index in [1.807, 2.05) is 36.4 Å². The number of nitrogens with zero attached hydrogens (tertiary/aromatic N) is 2. The summed E-state index contributed by atoms with van der Waals surface area (Å²) in [6, 6.07) is 18.1. The maximum absolute atomic E-state index is 13.4. The minimum Gasteiger partial charge on any atom is -0.354 e. The van der Waals surface area contributed by atoms with Crippen LogP contribution in [0.25, 0.3) is 11.3 Å². The Labute approximate surface area is 147 Å². The first kappa shape index (κ1) is 16.9. The number of anilines is 3. The summed E-state index contributed by atoms with van der Waals surface area (Å²) in [7, 11) is 0. The molecule has 25 heavy (non-hydrogen) atoms. The summed E-state index contributed by atoms with van der Waals surface area (Å²) in [4.78, 5) is 9.10. The molecule has 128 valence electrons. The Hall–Kier alpha value is -2.95. The quantitative estimate of drug-likeness (QED) is 0.579. The van der Waals surface area contributed by atoms with Gasteiger partial charge in [-0.2, -0.15) is 4.98 Å². The number of nitrogens with one attached hydrogen (secondary N) is 2. The zero-order valence-electron chi connectivity index (χ0n) is 14.2. The highest BCUT2D eigenvalue weighted by atomic mass is 19.1. The summed E-state index contributed by atoms with van der Waals surface area (Å²) in [6.07, 6.45) is 2.14. The van der Waals surface area contributed by atoms with Crippen molar-refractivity contribution in [3.63, 3.8) is 0 Å². The number of hydrogen-bond acceptors (Lipinski definition) is 4. The number of rotatable bonds is 7. The molecule has 1 heterocycles. The van der Waals surface area contributed by atoms with E-state index in [-0.39, 0.29) is 5.82 Å². The molecule has 0 amide bonds. The molecule has 0 aliphatic rings. The third-order valence-electron chi connectivity index (χ3n) is 3.71. The van der Waals surface area contributed by atoms with Crippen LogP contribution in [0.4, 0.5) is 21.8 Å². The second kappa shape index (κ2) is 8.24. The van der Waals surface area contributed by atoms with Gasteiger partial charge in [-0.3, -0.25) is 0 Å². The first-order valence-corrected chi connectivity index (χ1v) is 8.45. The lowest BCUT2D eigenvalue weighted by Crippen LogP contribution is -2.07. The van der Waals surface area contributed by atoms with Crippen LogP contribution in [-0.4, -0.2) is 16.5 Å². The molecule has 0 unspecified atom stereocenters. The molecule has 2 N–H and O–H groups in total. The highest BCUT2D eigenvalue weighted by molar-refractivity contribution is 5.67. The van der Waals surface area contributed by atoms with Crippen LogP contribution in [0.2, 0.25) is 0 Å². The molecule has 0 saturated carbocycles. The van der Waals surface area contributed by atoms with Crippen LogP contribution in [0.15, 0.2) is 60.7 Å². The van der Waals surface area contributed by atoms with E-state index in [0.717, 1.165) is 30.6 Å². The van der Waals surface area contributed by atoms with Crippen LogP contribution < -0.4 is 10.6 Å². The fourth-order valence-corrected chi connectivity index (χ4v) is 2.44. The summed E-state index contributed by atoms with van der Waals surface area (Å²) in [5.74, 6) is 0.899. The predicted octanol–water partition coefficient (Wildman–Crippen LogP) is 5.24. The fourth-order valence-electron chi connectivity index (χ4n) is 2.44. The summed E-state index contributed by atoms with van der Waals surface area (Å²) in [5.41, 5.74) is 2.47. The molecular formula is C20H21FN4. The Morgan fingerprint density at radius 1 is 0.960 bits per heavy atom. The summed E-state index contributed by atoms with van der Waals surface area (Å²) in [5, 5.41) is 6.41. The standard InChI is InChI=1S/C20H21FN4/c1-2-3-12-22-20-24-18(15-8-5-4-6-9-15)14-19(25-20)23-17-11-7-10-16(21)13-17/h4-11,13-14H,2-3,12H2,1H3,(H2,22,23,24,25). The van der Waals surface area contributed by atoms with Crippen molar-refractivity contribution in [1.82, 2.24) is 9.97 Å². The van der Waals surface area contributed by atoms with Gasteiger partial charge in [0.2, 0.25) is 5.95 Å². The fraction of sp³-hybridized carbons (Fsp3) is 0.200. The lowest BCUT2D eigenvalue weighted by Gasteiger charge is -2.11. The van der Waals surface area contributed by atoms with Crippen molar-refractivity contribution in [2.45, 2.75) is 19.8 Å². The number of benzene rings is 2.